The number of rotatable bonds is 2. The molecular weight excluding hydrogens is 230 g/mol. The van der Waals surface area contributed by atoms with E-state index in [1.807, 2.05) is 31.2 Å². The summed E-state index contributed by atoms with van der Waals surface area (Å²) in [5, 5.41) is 0. The van der Waals surface area contributed by atoms with Crippen molar-refractivity contribution in [2.45, 2.75) is 13.2 Å². The summed E-state index contributed by atoms with van der Waals surface area (Å²) in [6, 6.07) is 7.69. The largest absolute Gasteiger partial charge is 0.460 e. The highest BCUT2D eigenvalue weighted by molar-refractivity contribution is 5.72. The standard InChI is InChI=1S/C13H13N3O2/c1-2-17-12-9-7-15-13(14)16-11(9)8-5-3-4-6-10(8)18-12/h3-7,12H,2H2,1H3,(H2,14,15,16). The number of nitrogen functional groups attached to an aromatic ring is 1. The average molecular weight is 243 g/mol. The van der Waals surface area contributed by atoms with Crippen LogP contribution >= 0.6 is 0 Å². The number of nitrogens with two attached hydrogens (primary N) is 1. The molecule has 0 aliphatic carbocycles. The molecular formula is C13H13N3O2. The third-order valence-electron chi connectivity index (χ3n) is 2.78. The average Bonchev–Trinajstić information content (AvgIpc) is 2.39. The summed E-state index contributed by atoms with van der Waals surface area (Å²) in [5.74, 6) is 1.00. The minimum absolute atomic E-state index is 0.251. The molecule has 0 amide bonds. The second-order valence-electron chi connectivity index (χ2n) is 3.93. The number of fused-ring (bicyclic) bond motifs is 3. The summed E-state index contributed by atoms with van der Waals surface area (Å²) < 4.78 is 11.4. The first kappa shape index (κ1) is 11.0. The molecule has 0 fully saturated rings. The van der Waals surface area contributed by atoms with Gasteiger partial charge in [-0.1, -0.05) is 12.1 Å². The lowest BCUT2D eigenvalue weighted by molar-refractivity contribution is -0.0804. The van der Waals surface area contributed by atoms with Crippen LogP contribution in [0, 0.1) is 0 Å². The zero-order valence-electron chi connectivity index (χ0n) is 9.96. The Kier molecular flexibility index (Phi) is 2.60. The van der Waals surface area contributed by atoms with Gasteiger partial charge in [0.05, 0.1) is 11.3 Å². The van der Waals surface area contributed by atoms with E-state index in [-0.39, 0.29) is 5.95 Å². The van der Waals surface area contributed by atoms with Gasteiger partial charge in [0, 0.05) is 18.4 Å². The smallest absolute Gasteiger partial charge is 0.230 e. The van der Waals surface area contributed by atoms with Crippen LogP contribution in [-0.4, -0.2) is 16.6 Å². The Morgan fingerprint density at radius 3 is 3.06 bits per heavy atom. The Bertz CT molecular complexity index is 586. The van der Waals surface area contributed by atoms with Crippen LogP contribution in [0.25, 0.3) is 11.3 Å². The molecule has 2 N–H and O–H groups in total. The predicted octanol–water partition coefficient (Wildman–Crippen LogP) is 2.15. The molecule has 92 valence electrons. The fourth-order valence-corrected chi connectivity index (χ4v) is 2.01. The van der Waals surface area contributed by atoms with Crippen LogP contribution in [0.4, 0.5) is 5.95 Å². The van der Waals surface area contributed by atoms with Crippen LogP contribution in [0.1, 0.15) is 18.8 Å². The number of para-hydroxylation sites is 1. The molecule has 1 aliphatic rings. The van der Waals surface area contributed by atoms with Gasteiger partial charge in [-0.3, -0.25) is 0 Å². The summed E-state index contributed by atoms with van der Waals surface area (Å²) in [6.45, 7) is 2.47. The second-order valence-corrected chi connectivity index (χ2v) is 3.93. The Labute approximate surface area is 105 Å². The first-order valence-corrected chi connectivity index (χ1v) is 5.79. The van der Waals surface area contributed by atoms with Crippen molar-refractivity contribution in [1.82, 2.24) is 9.97 Å². The summed E-state index contributed by atoms with van der Waals surface area (Å²) in [5.41, 5.74) is 8.16. The SMILES string of the molecule is CCOC1Oc2ccccc2-c2nc(N)ncc21. The first-order valence-electron chi connectivity index (χ1n) is 5.79. The van der Waals surface area contributed by atoms with Gasteiger partial charge >= 0.3 is 0 Å². The Hall–Kier alpha value is -2.14. The van der Waals surface area contributed by atoms with E-state index < -0.39 is 6.29 Å². The van der Waals surface area contributed by atoms with Crippen LogP contribution in [-0.2, 0) is 4.74 Å². The number of ether oxygens (including phenoxy) is 2. The van der Waals surface area contributed by atoms with Gasteiger partial charge in [-0.15, -0.1) is 0 Å². The van der Waals surface area contributed by atoms with E-state index in [0.29, 0.717) is 6.61 Å². The summed E-state index contributed by atoms with van der Waals surface area (Å²) in [4.78, 5) is 8.30. The van der Waals surface area contributed by atoms with Gasteiger partial charge in [-0.05, 0) is 19.1 Å². The molecule has 18 heavy (non-hydrogen) atoms. The molecule has 5 nitrogen and oxygen atoms in total. The number of hydrogen-bond donors (Lipinski definition) is 1. The molecule has 1 atom stereocenters. The van der Waals surface area contributed by atoms with Gasteiger partial charge in [0.2, 0.25) is 12.2 Å². The van der Waals surface area contributed by atoms with Crippen LogP contribution in [0.15, 0.2) is 30.5 Å². The van der Waals surface area contributed by atoms with Crippen LogP contribution < -0.4 is 10.5 Å². The van der Waals surface area contributed by atoms with Crippen molar-refractivity contribution in [3.05, 3.63) is 36.0 Å². The number of hydrogen-bond acceptors (Lipinski definition) is 5. The van der Waals surface area contributed by atoms with Crippen molar-refractivity contribution in [2.75, 3.05) is 12.3 Å². The van der Waals surface area contributed by atoms with E-state index in [4.69, 9.17) is 15.2 Å². The van der Waals surface area contributed by atoms with E-state index >= 15 is 0 Å². The molecule has 1 aliphatic heterocycles. The Balaban J connectivity index is 2.18. The predicted molar refractivity (Wildman–Crippen MR) is 66.9 cm³/mol. The maximum absolute atomic E-state index is 5.80. The van der Waals surface area contributed by atoms with E-state index in [1.54, 1.807) is 6.20 Å². The van der Waals surface area contributed by atoms with Gasteiger partial charge in [0.25, 0.3) is 0 Å². The molecule has 3 rings (SSSR count). The molecule has 1 aromatic heterocycles. The van der Waals surface area contributed by atoms with Crippen molar-refractivity contribution in [3.63, 3.8) is 0 Å². The zero-order chi connectivity index (χ0) is 12.5. The van der Waals surface area contributed by atoms with E-state index in [9.17, 15) is 0 Å². The molecule has 0 saturated carbocycles. The Morgan fingerprint density at radius 2 is 2.22 bits per heavy atom. The van der Waals surface area contributed by atoms with Gasteiger partial charge < -0.3 is 15.2 Å². The van der Waals surface area contributed by atoms with Gasteiger partial charge in [0.15, 0.2) is 0 Å². The summed E-state index contributed by atoms with van der Waals surface area (Å²) in [6.07, 6.45) is 1.19. The third kappa shape index (κ3) is 1.69. The highest BCUT2D eigenvalue weighted by atomic mass is 16.7. The molecule has 0 spiro atoms. The number of nitrogens with zero attached hydrogens (tertiary/aromatic N) is 2. The number of anilines is 1. The number of benzene rings is 1. The molecule has 2 heterocycles. The fraction of sp³-hybridized carbons (Fsp3) is 0.231. The monoisotopic (exact) mass is 243 g/mol. The molecule has 0 radical (unpaired) electrons. The zero-order valence-corrected chi connectivity index (χ0v) is 9.96. The van der Waals surface area contributed by atoms with Crippen molar-refractivity contribution in [3.8, 4) is 17.0 Å². The highest BCUT2D eigenvalue weighted by Gasteiger charge is 2.27. The van der Waals surface area contributed by atoms with Crippen LogP contribution in [0.2, 0.25) is 0 Å². The summed E-state index contributed by atoms with van der Waals surface area (Å²) in [7, 11) is 0. The second kappa shape index (κ2) is 4.27. The van der Waals surface area contributed by atoms with E-state index in [2.05, 4.69) is 9.97 Å². The third-order valence-corrected chi connectivity index (χ3v) is 2.78. The lowest BCUT2D eigenvalue weighted by Gasteiger charge is -2.27. The topological polar surface area (TPSA) is 70.3 Å². The lowest BCUT2D eigenvalue weighted by Crippen LogP contribution is -2.19. The molecule has 5 heteroatoms. The maximum Gasteiger partial charge on any atom is 0.230 e. The van der Waals surface area contributed by atoms with Crippen LogP contribution in [0.5, 0.6) is 5.75 Å². The Morgan fingerprint density at radius 1 is 1.39 bits per heavy atom. The van der Waals surface area contributed by atoms with Gasteiger partial charge in [-0.25, -0.2) is 9.97 Å². The minimum Gasteiger partial charge on any atom is -0.460 e. The quantitative estimate of drug-likeness (QED) is 0.875. The maximum atomic E-state index is 5.80. The van der Waals surface area contributed by atoms with Crippen molar-refractivity contribution in [2.24, 2.45) is 0 Å². The molecule has 1 aromatic carbocycles. The minimum atomic E-state index is -0.472. The van der Waals surface area contributed by atoms with Crippen molar-refractivity contribution in [1.29, 1.82) is 0 Å². The molecule has 1 unspecified atom stereocenters. The van der Waals surface area contributed by atoms with E-state index in [1.165, 1.54) is 0 Å². The lowest BCUT2D eigenvalue weighted by atomic mass is 10.0. The molecule has 0 bridgehead atoms. The number of aromatic nitrogens is 2. The summed E-state index contributed by atoms with van der Waals surface area (Å²) >= 11 is 0. The highest BCUT2D eigenvalue weighted by Crippen LogP contribution is 2.41. The van der Waals surface area contributed by atoms with Crippen LogP contribution in [0.3, 0.4) is 0 Å². The first-order chi connectivity index (χ1) is 8.79. The molecule has 2 aromatic rings. The molecule has 0 saturated heterocycles. The van der Waals surface area contributed by atoms with Crippen molar-refractivity contribution < 1.29 is 9.47 Å². The van der Waals surface area contributed by atoms with Gasteiger partial charge in [0.1, 0.15) is 5.75 Å². The van der Waals surface area contributed by atoms with Crippen molar-refractivity contribution >= 4 is 5.95 Å². The fourth-order valence-electron chi connectivity index (χ4n) is 2.01. The van der Waals surface area contributed by atoms with E-state index in [0.717, 1.165) is 22.6 Å². The normalized spacial score (nSPS) is 16.6. The van der Waals surface area contributed by atoms with Gasteiger partial charge in [-0.2, -0.15) is 0 Å².